The smallest absolute Gasteiger partial charge is 0.412 e. The Kier molecular flexibility index (Phi) is 5.44. The van der Waals surface area contributed by atoms with E-state index in [1.807, 2.05) is 82.3 Å². The van der Waals surface area contributed by atoms with Gasteiger partial charge >= 0.3 is 12.1 Å². The van der Waals surface area contributed by atoms with Crippen molar-refractivity contribution in [2.24, 2.45) is 0 Å². The molecule has 2 aromatic rings. The van der Waals surface area contributed by atoms with Crippen LogP contribution >= 0.6 is 11.8 Å². The first-order chi connectivity index (χ1) is 13.1. The number of ether oxygens (including phenoxy) is 1. The van der Waals surface area contributed by atoms with Gasteiger partial charge in [-0.3, -0.25) is 4.90 Å². The molecular formula is C22H25NO4S. The van der Waals surface area contributed by atoms with E-state index in [1.54, 1.807) is 0 Å². The molecule has 6 heteroatoms. The fourth-order valence-electron chi connectivity index (χ4n) is 3.38. The van der Waals surface area contributed by atoms with Crippen LogP contribution in [0.15, 0.2) is 54.6 Å². The van der Waals surface area contributed by atoms with Crippen molar-refractivity contribution in [1.82, 2.24) is 4.90 Å². The molecule has 1 heterocycles. The van der Waals surface area contributed by atoms with E-state index in [-0.39, 0.29) is 0 Å². The highest BCUT2D eigenvalue weighted by Crippen LogP contribution is 2.40. The third kappa shape index (κ3) is 4.02. The van der Waals surface area contributed by atoms with Crippen molar-refractivity contribution in [2.45, 2.75) is 44.1 Å². The first-order valence-electron chi connectivity index (χ1n) is 9.14. The van der Waals surface area contributed by atoms with Crippen molar-refractivity contribution in [3.63, 3.8) is 0 Å². The standard InChI is InChI=1S/C22H25NO4S/c1-21(2,17-12-10-16(11-13-17)15-8-6-5-7-9-15)27-20(26)23-14-28-22(3,4)18(23)19(24)25/h5-13,18H,14H2,1-4H3,(H,24,25)/t18-/m1/s1. The maximum atomic E-state index is 12.8. The summed E-state index contributed by atoms with van der Waals surface area (Å²) in [5.41, 5.74) is 2.16. The van der Waals surface area contributed by atoms with Gasteiger partial charge in [-0.1, -0.05) is 54.6 Å². The Morgan fingerprint density at radius 1 is 1.07 bits per heavy atom. The summed E-state index contributed by atoms with van der Waals surface area (Å²) in [7, 11) is 0. The normalized spacial score (nSPS) is 18.7. The molecule has 0 unspecified atom stereocenters. The molecule has 2 aromatic carbocycles. The van der Waals surface area contributed by atoms with E-state index < -0.39 is 28.5 Å². The maximum Gasteiger partial charge on any atom is 0.412 e. The quantitative estimate of drug-likeness (QED) is 0.787. The summed E-state index contributed by atoms with van der Waals surface area (Å²) in [6.07, 6.45) is -0.609. The summed E-state index contributed by atoms with van der Waals surface area (Å²) >= 11 is 1.44. The predicted molar refractivity (Wildman–Crippen MR) is 111 cm³/mol. The summed E-state index contributed by atoms with van der Waals surface area (Å²) in [5, 5.41) is 9.56. The SMILES string of the molecule is CC(C)(OC(=O)N1CSC(C)(C)[C@H]1C(=O)O)c1ccc(-c2ccccc2)cc1. The monoisotopic (exact) mass is 399 g/mol. The van der Waals surface area contributed by atoms with Gasteiger partial charge < -0.3 is 9.84 Å². The van der Waals surface area contributed by atoms with E-state index >= 15 is 0 Å². The number of carboxylic acid groups (broad SMARTS) is 1. The highest BCUT2D eigenvalue weighted by molar-refractivity contribution is 8.00. The van der Waals surface area contributed by atoms with Crippen molar-refractivity contribution in [3.8, 4) is 11.1 Å². The third-order valence-corrected chi connectivity index (χ3v) is 6.42. The molecule has 0 saturated carbocycles. The highest BCUT2D eigenvalue weighted by atomic mass is 32.2. The fraction of sp³-hybridized carbons (Fsp3) is 0.364. The maximum absolute atomic E-state index is 12.8. The zero-order valence-corrected chi connectivity index (χ0v) is 17.3. The van der Waals surface area contributed by atoms with E-state index in [4.69, 9.17) is 4.74 Å². The third-order valence-electron chi connectivity index (χ3n) is 5.04. The molecule has 1 aliphatic heterocycles. The van der Waals surface area contributed by atoms with Gasteiger partial charge in [-0.15, -0.1) is 11.8 Å². The highest BCUT2D eigenvalue weighted by Gasteiger charge is 2.49. The number of rotatable bonds is 4. The molecular weight excluding hydrogens is 374 g/mol. The Bertz CT molecular complexity index is 862. The van der Waals surface area contributed by atoms with Gasteiger partial charge in [0, 0.05) is 4.75 Å². The van der Waals surface area contributed by atoms with Crippen LogP contribution in [0.1, 0.15) is 33.3 Å². The average Bonchev–Trinajstić information content (AvgIpc) is 2.98. The van der Waals surface area contributed by atoms with Gasteiger partial charge in [-0.05, 0) is 44.4 Å². The van der Waals surface area contributed by atoms with Gasteiger partial charge in [0.2, 0.25) is 0 Å². The van der Waals surface area contributed by atoms with Crippen LogP contribution < -0.4 is 0 Å². The Morgan fingerprint density at radius 3 is 2.21 bits per heavy atom. The summed E-state index contributed by atoms with van der Waals surface area (Å²) in [6, 6.07) is 17.0. The zero-order valence-electron chi connectivity index (χ0n) is 16.5. The average molecular weight is 400 g/mol. The van der Waals surface area contributed by atoms with E-state index in [1.165, 1.54) is 16.7 Å². The second-order valence-electron chi connectivity index (χ2n) is 7.91. The Labute approximate surface area is 169 Å². The van der Waals surface area contributed by atoms with Crippen molar-refractivity contribution in [2.75, 3.05) is 5.88 Å². The minimum absolute atomic E-state index is 0.297. The molecule has 1 amide bonds. The molecule has 0 aliphatic carbocycles. The number of hydrogen-bond acceptors (Lipinski definition) is 4. The van der Waals surface area contributed by atoms with Gasteiger partial charge in [0.05, 0.1) is 5.88 Å². The molecule has 1 aliphatic rings. The second-order valence-corrected chi connectivity index (χ2v) is 9.51. The van der Waals surface area contributed by atoms with E-state index in [2.05, 4.69) is 0 Å². The van der Waals surface area contributed by atoms with Crippen LogP contribution in [0.3, 0.4) is 0 Å². The Morgan fingerprint density at radius 2 is 1.64 bits per heavy atom. The molecule has 0 aromatic heterocycles. The Hall–Kier alpha value is -2.47. The van der Waals surface area contributed by atoms with Gasteiger partial charge in [-0.25, -0.2) is 9.59 Å². The number of nitrogens with zero attached hydrogens (tertiary/aromatic N) is 1. The topological polar surface area (TPSA) is 66.8 Å². The summed E-state index contributed by atoms with van der Waals surface area (Å²) in [4.78, 5) is 25.7. The van der Waals surface area contributed by atoms with Crippen molar-refractivity contribution in [3.05, 3.63) is 60.2 Å². The molecule has 0 spiro atoms. The second kappa shape index (κ2) is 7.51. The van der Waals surface area contributed by atoms with Crippen molar-refractivity contribution < 1.29 is 19.4 Å². The van der Waals surface area contributed by atoms with Crippen LogP contribution in [-0.4, -0.2) is 38.7 Å². The van der Waals surface area contributed by atoms with Crippen LogP contribution in [0.2, 0.25) is 0 Å². The molecule has 0 bridgehead atoms. The molecule has 1 atom stereocenters. The van der Waals surface area contributed by atoms with E-state index in [9.17, 15) is 14.7 Å². The number of carbonyl (C=O) groups excluding carboxylic acids is 1. The van der Waals surface area contributed by atoms with Crippen LogP contribution in [0.25, 0.3) is 11.1 Å². The van der Waals surface area contributed by atoms with E-state index in [0.717, 1.165) is 16.7 Å². The summed E-state index contributed by atoms with van der Waals surface area (Å²) in [6.45, 7) is 7.29. The number of carboxylic acids is 1. The molecule has 1 saturated heterocycles. The van der Waals surface area contributed by atoms with Crippen LogP contribution in [0.5, 0.6) is 0 Å². The van der Waals surface area contributed by atoms with Crippen molar-refractivity contribution in [1.29, 1.82) is 0 Å². The van der Waals surface area contributed by atoms with Crippen LogP contribution in [-0.2, 0) is 15.1 Å². The lowest BCUT2D eigenvalue weighted by Gasteiger charge is -2.31. The van der Waals surface area contributed by atoms with Crippen LogP contribution in [0, 0.1) is 0 Å². The fourth-order valence-corrected chi connectivity index (χ4v) is 4.50. The minimum Gasteiger partial charge on any atom is -0.480 e. The molecule has 0 radical (unpaired) electrons. The molecule has 28 heavy (non-hydrogen) atoms. The van der Waals surface area contributed by atoms with E-state index in [0.29, 0.717) is 5.88 Å². The predicted octanol–water partition coefficient (Wildman–Crippen LogP) is 4.96. The number of benzene rings is 2. The molecule has 148 valence electrons. The Balaban J connectivity index is 1.76. The number of hydrogen-bond donors (Lipinski definition) is 1. The molecule has 1 fully saturated rings. The number of carbonyl (C=O) groups is 2. The largest absolute Gasteiger partial charge is 0.480 e. The minimum atomic E-state index is -1.02. The zero-order chi connectivity index (χ0) is 20.5. The lowest BCUT2D eigenvalue weighted by atomic mass is 9.95. The first kappa shape index (κ1) is 20.3. The van der Waals surface area contributed by atoms with Crippen molar-refractivity contribution >= 4 is 23.8 Å². The summed E-state index contributed by atoms with van der Waals surface area (Å²) < 4.78 is 5.17. The first-order valence-corrected chi connectivity index (χ1v) is 10.1. The van der Waals surface area contributed by atoms with Crippen LogP contribution in [0.4, 0.5) is 4.79 Å². The van der Waals surface area contributed by atoms with Gasteiger partial charge in [-0.2, -0.15) is 0 Å². The number of thioether (sulfide) groups is 1. The number of aliphatic carboxylic acids is 1. The molecule has 3 rings (SSSR count). The van der Waals surface area contributed by atoms with Gasteiger partial charge in [0.15, 0.2) is 0 Å². The lowest BCUT2D eigenvalue weighted by molar-refractivity contribution is -0.143. The molecule has 1 N–H and O–H groups in total. The lowest BCUT2D eigenvalue weighted by Crippen LogP contribution is -2.50. The number of amides is 1. The van der Waals surface area contributed by atoms with Gasteiger partial charge in [0.25, 0.3) is 0 Å². The van der Waals surface area contributed by atoms with Gasteiger partial charge in [0.1, 0.15) is 11.6 Å². The molecule has 5 nitrogen and oxygen atoms in total. The summed E-state index contributed by atoms with van der Waals surface area (Å²) in [5.74, 6) is -0.719.